The van der Waals surface area contributed by atoms with Gasteiger partial charge in [-0.1, -0.05) is 18.6 Å². The van der Waals surface area contributed by atoms with Gasteiger partial charge in [-0.25, -0.2) is 0 Å². The Morgan fingerprint density at radius 3 is 2.54 bits per heavy atom. The molecular weight excluding hydrogens is 352 g/mol. The second-order valence-electron chi connectivity index (χ2n) is 7.21. The lowest BCUT2D eigenvalue weighted by molar-refractivity contribution is -0.116. The minimum atomic E-state index is 0.0217. The second kappa shape index (κ2) is 10.7. The minimum Gasteiger partial charge on any atom is -0.497 e. The first-order valence-corrected chi connectivity index (χ1v) is 10.1. The summed E-state index contributed by atoms with van der Waals surface area (Å²) in [4.78, 5) is 14.7. The molecule has 2 aromatic carbocycles. The van der Waals surface area contributed by atoms with E-state index in [1.54, 1.807) is 7.11 Å². The van der Waals surface area contributed by atoms with Crippen LogP contribution < -0.4 is 14.8 Å². The van der Waals surface area contributed by atoms with Crippen molar-refractivity contribution in [1.29, 1.82) is 0 Å². The first kappa shape index (κ1) is 20.2. The number of rotatable bonds is 9. The van der Waals surface area contributed by atoms with Crippen LogP contribution in [0.15, 0.2) is 48.5 Å². The Bertz CT molecular complexity index is 740. The number of nitrogens with zero attached hydrogens (tertiary/aromatic N) is 1. The highest BCUT2D eigenvalue weighted by Gasteiger charge is 2.11. The summed E-state index contributed by atoms with van der Waals surface area (Å²) >= 11 is 0. The van der Waals surface area contributed by atoms with Gasteiger partial charge in [0.1, 0.15) is 11.5 Å². The molecule has 1 fully saturated rings. The van der Waals surface area contributed by atoms with Gasteiger partial charge in [0, 0.05) is 18.7 Å². The molecule has 1 amide bonds. The van der Waals surface area contributed by atoms with E-state index in [-0.39, 0.29) is 5.91 Å². The molecule has 1 N–H and O–H groups in total. The molecule has 1 saturated heterocycles. The average molecular weight is 383 g/mol. The monoisotopic (exact) mass is 382 g/mol. The average Bonchev–Trinajstić information content (AvgIpc) is 2.73. The van der Waals surface area contributed by atoms with Gasteiger partial charge in [-0.3, -0.25) is 9.69 Å². The molecule has 0 aromatic heterocycles. The summed E-state index contributed by atoms with van der Waals surface area (Å²) in [5.41, 5.74) is 2.12. The van der Waals surface area contributed by atoms with Crippen molar-refractivity contribution in [2.75, 3.05) is 32.1 Å². The van der Waals surface area contributed by atoms with Crippen molar-refractivity contribution in [1.82, 2.24) is 4.90 Å². The van der Waals surface area contributed by atoms with Crippen LogP contribution in [0.5, 0.6) is 11.5 Å². The van der Waals surface area contributed by atoms with E-state index in [2.05, 4.69) is 22.3 Å². The Labute approximate surface area is 167 Å². The number of amides is 1. The molecule has 0 atom stereocenters. The Balaban J connectivity index is 1.38. The number of piperidine rings is 1. The van der Waals surface area contributed by atoms with Gasteiger partial charge in [0.25, 0.3) is 0 Å². The van der Waals surface area contributed by atoms with Gasteiger partial charge in [-0.05, 0) is 74.3 Å². The summed E-state index contributed by atoms with van der Waals surface area (Å²) in [7, 11) is 1.64. The van der Waals surface area contributed by atoms with Crippen molar-refractivity contribution < 1.29 is 14.3 Å². The van der Waals surface area contributed by atoms with Gasteiger partial charge in [0.2, 0.25) is 5.91 Å². The predicted octanol–water partition coefficient (Wildman–Crippen LogP) is 4.48. The van der Waals surface area contributed by atoms with E-state index in [1.807, 2.05) is 36.4 Å². The largest absolute Gasteiger partial charge is 0.497 e. The smallest absolute Gasteiger partial charge is 0.224 e. The number of hydrogen-bond donors (Lipinski definition) is 1. The third kappa shape index (κ3) is 6.57. The van der Waals surface area contributed by atoms with Crippen LogP contribution in [0, 0.1) is 0 Å². The predicted molar refractivity (Wildman–Crippen MR) is 112 cm³/mol. The molecule has 3 rings (SSSR count). The number of anilines is 1. The highest BCUT2D eigenvalue weighted by molar-refractivity contribution is 5.90. The summed E-state index contributed by atoms with van der Waals surface area (Å²) < 4.78 is 10.8. The van der Waals surface area contributed by atoms with E-state index in [9.17, 15) is 4.79 Å². The third-order valence-electron chi connectivity index (χ3n) is 4.94. The van der Waals surface area contributed by atoms with E-state index >= 15 is 0 Å². The molecule has 1 aliphatic heterocycles. The summed E-state index contributed by atoms with van der Waals surface area (Å²) in [6, 6.07) is 15.6. The standard InChI is InChI=1S/C23H30N2O3/c1-27-21-10-12-22(13-11-21)28-16-6-9-23(26)24-20-8-5-7-19(17-20)18-25-14-3-2-4-15-25/h5,7-8,10-13,17H,2-4,6,9,14-16,18H2,1H3,(H,24,26). The van der Waals surface area contributed by atoms with E-state index in [4.69, 9.17) is 9.47 Å². The van der Waals surface area contributed by atoms with Crippen molar-refractivity contribution in [3.05, 3.63) is 54.1 Å². The van der Waals surface area contributed by atoms with Crippen molar-refractivity contribution >= 4 is 11.6 Å². The molecule has 2 aromatic rings. The first-order valence-electron chi connectivity index (χ1n) is 10.1. The van der Waals surface area contributed by atoms with Gasteiger partial charge in [0.15, 0.2) is 0 Å². The van der Waals surface area contributed by atoms with E-state index < -0.39 is 0 Å². The van der Waals surface area contributed by atoms with E-state index in [0.29, 0.717) is 19.4 Å². The van der Waals surface area contributed by atoms with Gasteiger partial charge >= 0.3 is 0 Å². The van der Waals surface area contributed by atoms with Crippen LogP contribution in [-0.4, -0.2) is 37.6 Å². The van der Waals surface area contributed by atoms with Crippen LogP contribution in [-0.2, 0) is 11.3 Å². The molecule has 0 bridgehead atoms. The van der Waals surface area contributed by atoms with Crippen molar-refractivity contribution in [2.24, 2.45) is 0 Å². The van der Waals surface area contributed by atoms with Crippen LogP contribution in [0.25, 0.3) is 0 Å². The highest BCUT2D eigenvalue weighted by atomic mass is 16.5. The second-order valence-corrected chi connectivity index (χ2v) is 7.21. The fourth-order valence-electron chi connectivity index (χ4n) is 3.44. The van der Waals surface area contributed by atoms with Gasteiger partial charge in [-0.15, -0.1) is 0 Å². The fourth-order valence-corrected chi connectivity index (χ4v) is 3.44. The molecule has 0 saturated carbocycles. The molecule has 0 radical (unpaired) electrons. The van der Waals surface area contributed by atoms with Gasteiger partial charge in [0.05, 0.1) is 13.7 Å². The van der Waals surface area contributed by atoms with E-state index in [1.165, 1.54) is 37.9 Å². The van der Waals surface area contributed by atoms with Crippen LogP contribution in [0.4, 0.5) is 5.69 Å². The summed E-state index contributed by atoms with van der Waals surface area (Å²) in [6.45, 7) is 3.81. The molecule has 1 aliphatic rings. The third-order valence-corrected chi connectivity index (χ3v) is 4.94. The SMILES string of the molecule is COc1ccc(OCCCC(=O)Nc2cccc(CN3CCCCC3)c2)cc1. The maximum Gasteiger partial charge on any atom is 0.224 e. The van der Waals surface area contributed by atoms with Crippen molar-refractivity contribution in [3.63, 3.8) is 0 Å². The van der Waals surface area contributed by atoms with Crippen LogP contribution in [0.1, 0.15) is 37.7 Å². The summed E-state index contributed by atoms with van der Waals surface area (Å²) in [6.07, 6.45) is 5.02. The van der Waals surface area contributed by atoms with Gasteiger partial charge < -0.3 is 14.8 Å². The number of methoxy groups -OCH3 is 1. The molecule has 5 nitrogen and oxygen atoms in total. The zero-order chi connectivity index (χ0) is 19.6. The fraction of sp³-hybridized carbons (Fsp3) is 0.435. The molecule has 0 spiro atoms. The molecule has 5 heteroatoms. The molecule has 1 heterocycles. The molecule has 150 valence electrons. The van der Waals surface area contributed by atoms with Crippen LogP contribution >= 0.6 is 0 Å². The lowest BCUT2D eigenvalue weighted by atomic mass is 10.1. The number of ether oxygens (including phenoxy) is 2. The lowest BCUT2D eigenvalue weighted by Gasteiger charge is -2.26. The highest BCUT2D eigenvalue weighted by Crippen LogP contribution is 2.18. The van der Waals surface area contributed by atoms with Gasteiger partial charge in [-0.2, -0.15) is 0 Å². The number of carbonyl (C=O) groups is 1. The number of likely N-dealkylation sites (tertiary alicyclic amines) is 1. The number of hydrogen-bond acceptors (Lipinski definition) is 4. The zero-order valence-electron chi connectivity index (χ0n) is 16.7. The minimum absolute atomic E-state index is 0.0217. The van der Waals surface area contributed by atoms with E-state index in [0.717, 1.165) is 23.7 Å². The summed E-state index contributed by atoms with van der Waals surface area (Å²) in [5.74, 6) is 1.61. The first-order chi connectivity index (χ1) is 13.7. The Kier molecular flexibility index (Phi) is 7.73. The maximum atomic E-state index is 12.2. The quantitative estimate of drug-likeness (QED) is 0.650. The Hall–Kier alpha value is -2.53. The molecule has 0 unspecified atom stereocenters. The Morgan fingerprint density at radius 1 is 1.04 bits per heavy atom. The normalized spacial score (nSPS) is 14.5. The molecule has 28 heavy (non-hydrogen) atoms. The maximum absolute atomic E-state index is 12.2. The number of carbonyl (C=O) groups excluding carboxylic acids is 1. The van der Waals surface area contributed by atoms with Crippen molar-refractivity contribution in [3.8, 4) is 11.5 Å². The number of nitrogens with one attached hydrogen (secondary N) is 1. The zero-order valence-corrected chi connectivity index (χ0v) is 16.7. The van der Waals surface area contributed by atoms with Crippen LogP contribution in [0.3, 0.4) is 0 Å². The van der Waals surface area contributed by atoms with Crippen molar-refractivity contribution in [2.45, 2.75) is 38.6 Å². The topological polar surface area (TPSA) is 50.8 Å². The van der Waals surface area contributed by atoms with Crippen LogP contribution in [0.2, 0.25) is 0 Å². The molecular formula is C23H30N2O3. The molecule has 0 aliphatic carbocycles. The lowest BCUT2D eigenvalue weighted by Crippen LogP contribution is -2.29. The number of benzene rings is 2. The summed E-state index contributed by atoms with van der Waals surface area (Å²) in [5, 5.41) is 3.00. The Morgan fingerprint density at radius 2 is 1.79 bits per heavy atom.